The van der Waals surface area contributed by atoms with Crippen molar-refractivity contribution in [2.45, 2.75) is 13.8 Å². The number of hydrogen-bond acceptors (Lipinski definition) is 4. The molecule has 0 aliphatic heterocycles. The smallest absolute Gasteiger partial charge is 0.115 e. The molecule has 0 amide bonds. The Morgan fingerprint density at radius 2 is 1.87 bits per heavy atom. The summed E-state index contributed by atoms with van der Waals surface area (Å²) < 4.78 is 11.8. The number of H-pyrrole nitrogens is 1. The fraction of sp³-hybridized carbons (Fsp3) is 0.111. The van der Waals surface area contributed by atoms with Crippen LogP contribution in [0, 0.1) is 6.92 Å². The van der Waals surface area contributed by atoms with Crippen LogP contribution in [-0.4, -0.2) is 13.7 Å². The zero-order chi connectivity index (χ0) is 15.6. The van der Waals surface area contributed by atoms with Gasteiger partial charge in [0, 0.05) is 32.1 Å². The van der Waals surface area contributed by atoms with E-state index < -0.39 is 0 Å². The fourth-order valence-corrected chi connectivity index (χ4v) is 5.17. The van der Waals surface area contributed by atoms with Gasteiger partial charge in [-0.3, -0.25) is 0 Å². The third kappa shape index (κ3) is 1.63. The monoisotopic (exact) mass is 335 g/mol. The van der Waals surface area contributed by atoms with Gasteiger partial charge < -0.3 is 4.98 Å². The van der Waals surface area contributed by atoms with Crippen molar-refractivity contribution < 1.29 is 0 Å². The van der Waals surface area contributed by atoms with Gasteiger partial charge in [0.05, 0.1) is 21.9 Å². The van der Waals surface area contributed by atoms with Gasteiger partial charge in [0.1, 0.15) is 11.0 Å². The number of nitrogens with one attached hydrogen (secondary N) is 1. The van der Waals surface area contributed by atoms with E-state index in [0.717, 1.165) is 11.0 Å². The molecular formula is C18H13N3S2. The van der Waals surface area contributed by atoms with Crippen LogP contribution in [0.1, 0.15) is 18.2 Å². The topological polar surface area (TPSA) is 41.6 Å². The number of aromatic nitrogens is 3. The minimum Gasteiger partial charge on any atom is -0.357 e. The van der Waals surface area contributed by atoms with Crippen LogP contribution in [0.4, 0.5) is 0 Å². The number of allylic oxidation sites excluding steroid dienone is 1. The highest BCUT2D eigenvalue weighted by atomic mass is 32.1. The van der Waals surface area contributed by atoms with Gasteiger partial charge in [-0.2, -0.15) is 8.75 Å². The van der Waals surface area contributed by atoms with Gasteiger partial charge in [-0.1, -0.05) is 30.4 Å². The van der Waals surface area contributed by atoms with Gasteiger partial charge in [0.2, 0.25) is 0 Å². The molecule has 0 aliphatic carbocycles. The largest absolute Gasteiger partial charge is 0.357 e. The Morgan fingerprint density at radius 1 is 1.09 bits per heavy atom. The van der Waals surface area contributed by atoms with Crippen LogP contribution >= 0.6 is 23.1 Å². The number of rotatable bonds is 1. The van der Waals surface area contributed by atoms with E-state index in [9.17, 15) is 0 Å². The van der Waals surface area contributed by atoms with Gasteiger partial charge in [-0.15, -0.1) is 11.3 Å². The summed E-state index contributed by atoms with van der Waals surface area (Å²) >= 11 is 3.13. The molecule has 3 aromatic heterocycles. The van der Waals surface area contributed by atoms with E-state index in [0.29, 0.717) is 0 Å². The first-order chi connectivity index (χ1) is 11.3. The van der Waals surface area contributed by atoms with Gasteiger partial charge in [-0.25, -0.2) is 0 Å². The summed E-state index contributed by atoms with van der Waals surface area (Å²) in [5.74, 6) is 0. The van der Waals surface area contributed by atoms with Crippen LogP contribution in [0.3, 0.4) is 0 Å². The lowest BCUT2D eigenvalue weighted by Gasteiger charge is -1.98. The second kappa shape index (κ2) is 4.63. The first kappa shape index (κ1) is 13.2. The van der Waals surface area contributed by atoms with Crippen molar-refractivity contribution in [3.05, 3.63) is 41.6 Å². The van der Waals surface area contributed by atoms with Crippen molar-refractivity contribution in [3.8, 4) is 0 Å². The number of benzene rings is 2. The highest BCUT2D eigenvalue weighted by molar-refractivity contribution is 7.27. The normalized spacial score (nSPS) is 12.6. The summed E-state index contributed by atoms with van der Waals surface area (Å²) in [6.45, 7) is 4.17. The maximum Gasteiger partial charge on any atom is 0.115 e. The van der Waals surface area contributed by atoms with Crippen LogP contribution in [0.15, 0.2) is 30.3 Å². The van der Waals surface area contributed by atoms with E-state index in [1.54, 1.807) is 0 Å². The van der Waals surface area contributed by atoms with Crippen molar-refractivity contribution >= 4 is 71.2 Å². The second-order valence-corrected chi connectivity index (χ2v) is 7.26. The maximum atomic E-state index is 4.63. The number of thiophene rings is 1. The third-order valence-corrected chi connectivity index (χ3v) is 6.07. The third-order valence-electron chi connectivity index (χ3n) is 4.35. The molecule has 112 valence electrons. The van der Waals surface area contributed by atoms with Crippen molar-refractivity contribution in [1.29, 1.82) is 0 Å². The molecule has 2 aromatic carbocycles. The van der Waals surface area contributed by atoms with Crippen LogP contribution in [0.25, 0.3) is 48.2 Å². The van der Waals surface area contributed by atoms with E-state index in [4.69, 9.17) is 0 Å². The molecule has 0 saturated carbocycles. The van der Waals surface area contributed by atoms with Gasteiger partial charge in [-0.05, 0) is 19.9 Å². The predicted octanol–water partition coefficient (Wildman–Crippen LogP) is 5.88. The van der Waals surface area contributed by atoms with Gasteiger partial charge in [0.25, 0.3) is 0 Å². The standard InChI is InChI=1S/C18H13N3S2/c1-3-6-10-9(2)19-17-13(10)15-16(21-23-20-15)14-11-7-4-5-8-12(11)22-18(14)17/h3-8,19H,1-2H3/b6-3-. The summed E-state index contributed by atoms with van der Waals surface area (Å²) in [6.07, 6.45) is 4.24. The molecule has 3 nitrogen and oxygen atoms in total. The fourth-order valence-electron chi connectivity index (χ4n) is 3.40. The number of aromatic amines is 1. The Morgan fingerprint density at radius 3 is 2.70 bits per heavy atom. The Kier molecular flexibility index (Phi) is 2.66. The molecule has 0 spiro atoms. The summed E-state index contributed by atoms with van der Waals surface area (Å²) in [6, 6.07) is 8.55. The first-order valence-electron chi connectivity index (χ1n) is 7.50. The number of hydrogen-bond donors (Lipinski definition) is 1. The minimum absolute atomic E-state index is 1.01. The van der Waals surface area contributed by atoms with Crippen molar-refractivity contribution in [1.82, 2.24) is 13.7 Å². The second-order valence-electron chi connectivity index (χ2n) is 5.68. The maximum absolute atomic E-state index is 4.63. The van der Waals surface area contributed by atoms with Crippen molar-refractivity contribution in [2.75, 3.05) is 0 Å². The summed E-state index contributed by atoms with van der Waals surface area (Å²) in [5.41, 5.74) is 5.63. The molecule has 23 heavy (non-hydrogen) atoms. The molecule has 5 heteroatoms. The van der Waals surface area contributed by atoms with Crippen LogP contribution in [0.2, 0.25) is 0 Å². The number of aryl methyl sites for hydroxylation is 1. The Balaban J connectivity index is 2.17. The summed E-state index contributed by atoms with van der Waals surface area (Å²) in [5, 5.41) is 3.70. The van der Waals surface area contributed by atoms with E-state index in [2.05, 4.69) is 57.1 Å². The molecule has 0 saturated heterocycles. The lowest BCUT2D eigenvalue weighted by Crippen LogP contribution is -1.78. The number of nitrogens with zero attached hydrogens (tertiary/aromatic N) is 2. The molecule has 5 rings (SSSR count). The average molecular weight is 335 g/mol. The highest BCUT2D eigenvalue weighted by Gasteiger charge is 2.20. The Labute approximate surface area is 140 Å². The number of fused-ring (bicyclic) bond motifs is 8. The molecule has 0 atom stereocenters. The molecule has 0 unspecified atom stereocenters. The molecule has 0 fully saturated rings. The summed E-state index contributed by atoms with van der Waals surface area (Å²) in [4.78, 5) is 3.59. The van der Waals surface area contributed by atoms with Crippen LogP contribution < -0.4 is 0 Å². The quantitative estimate of drug-likeness (QED) is 0.415. The van der Waals surface area contributed by atoms with Crippen LogP contribution in [-0.2, 0) is 0 Å². The van der Waals surface area contributed by atoms with E-state index in [1.807, 2.05) is 18.3 Å². The van der Waals surface area contributed by atoms with Crippen molar-refractivity contribution in [2.24, 2.45) is 0 Å². The average Bonchev–Trinajstić information content (AvgIpc) is 3.23. The lowest BCUT2D eigenvalue weighted by atomic mass is 10.0. The molecule has 0 aliphatic rings. The van der Waals surface area contributed by atoms with Gasteiger partial charge in [0.15, 0.2) is 0 Å². The minimum atomic E-state index is 1.01. The lowest BCUT2D eigenvalue weighted by molar-refractivity contribution is 1.30. The molecule has 5 aromatic rings. The molecule has 0 radical (unpaired) electrons. The molecular weight excluding hydrogens is 322 g/mol. The van der Waals surface area contributed by atoms with E-state index in [1.165, 1.54) is 54.1 Å². The van der Waals surface area contributed by atoms with E-state index in [-0.39, 0.29) is 0 Å². The molecule has 0 bridgehead atoms. The van der Waals surface area contributed by atoms with E-state index >= 15 is 0 Å². The zero-order valence-corrected chi connectivity index (χ0v) is 14.3. The zero-order valence-electron chi connectivity index (χ0n) is 12.7. The first-order valence-corrected chi connectivity index (χ1v) is 9.04. The van der Waals surface area contributed by atoms with Gasteiger partial charge >= 0.3 is 0 Å². The predicted molar refractivity (Wildman–Crippen MR) is 102 cm³/mol. The Hall–Kier alpha value is -2.24. The van der Waals surface area contributed by atoms with Crippen molar-refractivity contribution in [3.63, 3.8) is 0 Å². The highest BCUT2D eigenvalue weighted by Crippen LogP contribution is 2.44. The van der Waals surface area contributed by atoms with Crippen LogP contribution in [0.5, 0.6) is 0 Å². The SMILES string of the molecule is C/C=C\c1c(C)[nH]c2c3sc4ccccc4c3c3nsnc3c12. The molecule has 1 N–H and O–H groups in total. The summed E-state index contributed by atoms with van der Waals surface area (Å²) in [7, 11) is 0. The molecule has 3 heterocycles. The Bertz CT molecular complexity index is 1240.